The standard InChI is InChI=1S/C13H18BClN2O4/c1-12(2)13(3,4)21-14(20-12)11(16)9-7-8(17(18)19)5-6-10(9)15/h5-7,11H,16H2,1-4H3/t11-/m0/s1. The van der Waals surface area contributed by atoms with Crippen molar-refractivity contribution in [1.82, 2.24) is 0 Å². The van der Waals surface area contributed by atoms with Gasteiger partial charge in [0.15, 0.2) is 0 Å². The van der Waals surface area contributed by atoms with Crippen LogP contribution in [-0.2, 0) is 9.31 Å². The lowest BCUT2D eigenvalue weighted by Gasteiger charge is -2.32. The highest BCUT2D eigenvalue weighted by molar-refractivity contribution is 6.48. The quantitative estimate of drug-likeness (QED) is 0.527. The Kier molecular flexibility index (Phi) is 4.05. The van der Waals surface area contributed by atoms with Crippen LogP contribution in [0.2, 0.25) is 5.02 Å². The largest absolute Gasteiger partial charge is 0.480 e. The Labute approximate surface area is 128 Å². The second-order valence-electron chi connectivity index (χ2n) is 6.11. The lowest BCUT2D eigenvalue weighted by molar-refractivity contribution is -0.384. The molecule has 1 aliphatic heterocycles. The van der Waals surface area contributed by atoms with Gasteiger partial charge in [-0.15, -0.1) is 0 Å². The zero-order chi connectivity index (χ0) is 16.0. The molecule has 1 heterocycles. The molecule has 1 aliphatic rings. The molecular weight excluding hydrogens is 294 g/mol. The van der Waals surface area contributed by atoms with Crippen molar-refractivity contribution in [1.29, 1.82) is 0 Å². The molecule has 1 aromatic carbocycles. The summed E-state index contributed by atoms with van der Waals surface area (Å²) in [4.78, 5) is 10.4. The predicted octanol–water partition coefficient (Wildman–Crippen LogP) is 2.88. The van der Waals surface area contributed by atoms with Crippen LogP contribution in [0.4, 0.5) is 5.69 Å². The van der Waals surface area contributed by atoms with E-state index in [1.807, 2.05) is 27.7 Å². The van der Waals surface area contributed by atoms with Gasteiger partial charge in [-0.25, -0.2) is 0 Å². The fraction of sp³-hybridized carbons (Fsp3) is 0.538. The summed E-state index contributed by atoms with van der Waals surface area (Å²) >= 11 is 6.10. The second-order valence-corrected chi connectivity index (χ2v) is 6.52. The van der Waals surface area contributed by atoms with Crippen molar-refractivity contribution in [3.63, 3.8) is 0 Å². The molecule has 0 aromatic heterocycles. The van der Waals surface area contributed by atoms with Crippen LogP contribution in [0.15, 0.2) is 18.2 Å². The molecule has 6 nitrogen and oxygen atoms in total. The van der Waals surface area contributed by atoms with Gasteiger partial charge >= 0.3 is 7.12 Å². The van der Waals surface area contributed by atoms with E-state index in [2.05, 4.69) is 0 Å². The molecule has 0 bridgehead atoms. The number of halogens is 1. The van der Waals surface area contributed by atoms with E-state index in [4.69, 9.17) is 26.6 Å². The average molecular weight is 313 g/mol. The summed E-state index contributed by atoms with van der Waals surface area (Å²) in [6.07, 6.45) is 0. The van der Waals surface area contributed by atoms with Gasteiger partial charge in [-0.2, -0.15) is 0 Å². The first-order valence-electron chi connectivity index (χ1n) is 6.60. The third kappa shape index (κ3) is 2.92. The minimum Gasteiger partial charge on any atom is -0.402 e. The minimum atomic E-state index is -0.713. The average Bonchev–Trinajstić information content (AvgIpc) is 2.58. The zero-order valence-electron chi connectivity index (χ0n) is 12.4. The number of nitrogens with zero attached hydrogens (tertiary/aromatic N) is 1. The molecule has 2 rings (SSSR count). The van der Waals surface area contributed by atoms with Crippen LogP contribution in [0.3, 0.4) is 0 Å². The van der Waals surface area contributed by atoms with Crippen molar-refractivity contribution < 1.29 is 14.2 Å². The van der Waals surface area contributed by atoms with E-state index in [9.17, 15) is 10.1 Å². The molecule has 0 radical (unpaired) electrons. The first kappa shape index (κ1) is 16.2. The highest BCUT2D eigenvalue weighted by Gasteiger charge is 2.53. The van der Waals surface area contributed by atoms with Crippen molar-refractivity contribution in [3.05, 3.63) is 38.9 Å². The fourth-order valence-corrected chi connectivity index (χ4v) is 2.33. The molecule has 1 fully saturated rings. The first-order chi connectivity index (χ1) is 9.55. The summed E-state index contributed by atoms with van der Waals surface area (Å²) in [5.41, 5.74) is 5.47. The highest BCUT2D eigenvalue weighted by atomic mass is 35.5. The Balaban J connectivity index is 2.31. The first-order valence-corrected chi connectivity index (χ1v) is 6.98. The SMILES string of the molecule is CC1(C)OB([C@@H](N)c2cc([N+](=O)[O-])ccc2Cl)OC1(C)C. The van der Waals surface area contributed by atoms with Crippen molar-refractivity contribution in [2.75, 3.05) is 0 Å². The molecule has 0 unspecified atom stereocenters. The third-order valence-corrected chi connectivity index (χ3v) is 4.46. The third-order valence-electron chi connectivity index (χ3n) is 4.11. The molecule has 1 aromatic rings. The number of nitrogens with two attached hydrogens (primary N) is 1. The van der Waals surface area contributed by atoms with Crippen LogP contribution in [0.5, 0.6) is 0 Å². The maximum atomic E-state index is 10.9. The zero-order valence-corrected chi connectivity index (χ0v) is 13.2. The maximum absolute atomic E-state index is 10.9. The number of benzene rings is 1. The van der Waals surface area contributed by atoms with E-state index in [0.717, 1.165) is 0 Å². The number of nitro benzene ring substituents is 1. The highest BCUT2D eigenvalue weighted by Crippen LogP contribution is 2.40. The van der Waals surface area contributed by atoms with E-state index >= 15 is 0 Å². The lowest BCUT2D eigenvalue weighted by atomic mass is 9.75. The van der Waals surface area contributed by atoms with Crippen LogP contribution in [0.1, 0.15) is 39.2 Å². The van der Waals surface area contributed by atoms with Crippen molar-refractivity contribution in [2.24, 2.45) is 5.73 Å². The van der Waals surface area contributed by atoms with Gasteiger partial charge in [-0.05, 0) is 39.3 Å². The summed E-state index contributed by atoms with van der Waals surface area (Å²) in [5.74, 6) is -0.710. The number of hydrogen-bond acceptors (Lipinski definition) is 5. The van der Waals surface area contributed by atoms with Gasteiger partial charge in [0.1, 0.15) is 0 Å². The van der Waals surface area contributed by atoms with E-state index in [0.29, 0.717) is 10.6 Å². The topological polar surface area (TPSA) is 87.6 Å². The second kappa shape index (κ2) is 5.24. The fourth-order valence-electron chi connectivity index (χ4n) is 2.08. The maximum Gasteiger partial charge on any atom is 0.480 e. The normalized spacial score (nSPS) is 21.3. The summed E-state index contributed by atoms with van der Waals surface area (Å²) < 4.78 is 11.7. The minimum absolute atomic E-state index is 0.0682. The van der Waals surface area contributed by atoms with Crippen molar-refractivity contribution >= 4 is 24.4 Å². The van der Waals surface area contributed by atoms with Crippen LogP contribution in [0.25, 0.3) is 0 Å². The van der Waals surface area contributed by atoms with Crippen LogP contribution in [0, 0.1) is 10.1 Å². The molecule has 1 atom stereocenters. The number of rotatable bonds is 3. The van der Waals surface area contributed by atoms with Gasteiger partial charge < -0.3 is 15.0 Å². The monoisotopic (exact) mass is 312 g/mol. The van der Waals surface area contributed by atoms with E-state index in [-0.39, 0.29) is 5.69 Å². The van der Waals surface area contributed by atoms with Crippen molar-refractivity contribution in [3.8, 4) is 0 Å². The van der Waals surface area contributed by atoms with Crippen LogP contribution < -0.4 is 5.73 Å². The van der Waals surface area contributed by atoms with Gasteiger partial charge in [0.05, 0.1) is 22.1 Å². The Morgan fingerprint density at radius 3 is 2.29 bits per heavy atom. The van der Waals surface area contributed by atoms with Gasteiger partial charge in [0.25, 0.3) is 5.69 Å². The predicted molar refractivity (Wildman–Crippen MR) is 81.1 cm³/mol. The molecule has 0 amide bonds. The van der Waals surface area contributed by atoms with Gasteiger partial charge in [-0.1, -0.05) is 11.6 Å². The lowest BCUT2D eigenvalue weighted by Crippen LogP contribution is -2.41. The molecule has 114 valence electrons. The number of non-ortho nitro benzene ring substituents is 1. The Morgan fingerprint density at radius 2 is 1.81 bits per heavy atom. The van der Waals surface area contributed by atoms with Crippen LogP contribution >= 0.6 is 11.6 Å². The number of nitro groups is 1. The van der Waals surface area contributed by atoms with Gasteiger partial charge in [-0.3, -0.25) is 10.1 Å². The smallest absolute Gasteiger partial charge is 0.402 e. The van der Waals surface area contributed by atoms with Gasteiger partial charge in [0, 0.05) is 17.2 Å². The molecule has 0 spiro atoms. The molecule has 21 heavy (non-hydrogen) atoms. The molecule has 0 aliphatic carbocycles. The molecule has 1 saturated heterocycles. The molecular formula is C13H18BClN2O4. The Morgan fingerprint density at radius 1 is 1.29 bits per heavy atom. The molecule has 0 saturated carbocycles. The van der Waals surface area contributed by atoms with Gasteiger partial charge in [0.2, 0.25) is 0 Å². The van der Waals surface area contributed by atoms with E-state index in [1.54, 1.807) is 0 Å². The van der Waals surface area contributed by atoms with Crippen molar-refractivity contribution in [2.45, 2.75) is 44.8 Å². The number of hydrogen-bond donors (Lipinski definition) is 1. The Hall–Kier alpha value is -1.15. The summed E-state index contributed by atoms with van der Waals surface area (Å²) in [5, 5.41) is 11.2. The summed E-state index contributed by atoms with van der Waals surface area (Å²) in [6.45, 7) is 7.65. The van der Waals surface area contributed by atoms with E-state index in [1.165, 1.54) is 18.2 Å². The summed E-state index contributed by atoms with van der Waals surface area (Å²) in [7, 11) is -0.713. The van der Waals surface area contributed by atoms with Crippen LogP contribution in [-0.4, -0.2) is 23.2 Å². The summed E-state index contributed by atoms with van der Waals surface area (Å²) in [6, 6.07) is 4.15. The van der Waals surface area contributed by atoms with E-state index < -0.39 is 29.2 Å². The molecule has 2 N–H and O–H groups in total. The Bertz CT molecular complexity index is 563. The molecule has 8 heteroatoms.